The van der Waals surface area contributed by atoms with E-state index < -0.39 is 30.3 Å². The maximum Gasteiger partial charge on any atom is 0.326 e. The van der Waals surface area contributed by atoms with E-state index in [-0.39, 0.29) is 26.1 Å². The zero-order chi connectivity index (χ0) is 14.6. The summed E-state index contributed by atoms with van der Waals surface area (Å²) < 4.78 is 4.75. The highest BCUT2D eigenvalue weighted by Crippen LogP contribution is 2.19. The van der Waals surface area contributed by atoms with Gasteiger partial charge in [-0.1, -0.05) is 0 Å². The molecule has 8 heteroatoms. The van der Waals surface area contributed by atoms with Crippen LogP contribution in [0.5, 0.6) is 0 Å². The molecule has 8 nitrogen and oxygen atoms in total. The zero-order valence-corrected chi connectivity index (χ0v) is 11.0. The minimum Gasteiger partial charge on any atom is -0.480 e. The number of likely N-dealkylation sites (N-methyl/N-ethyl adjacent to an activating group) is 1. The number of rotatable bonds is 5. The number of urea groups is 1. The van der Waals surface area contributed by atoms with Gasteiger partial charge in [-0.15, -0.1) is 0 Å². The van der Waals surface area contributed by atoms with Gasteiger partial charge in [0.2, 0.25) is 0 Å². The molecule has 1 fully saturated rings. The number of hydrogen-bond donors (Lipinski definition) is 3. The van der Waals surface area contributed by atoms with Gasteiger partial charge >= 0.3 is 12.0 Å². The highest BCUT2D eigenvalue weighted by molar-refractivity contribution is 5.83. The van der Waals surface area contributed by atoms with Gasteiger partial charge in [0.25, 0.3) is 0 Å². The van der Waals surface area contributed by atoms with Crippen LogP contribution in [0.15, 0.2) is 0 Å². The number of carboxylic acid groups (broad SMARTS) is 1. The lowest BCUT2D eigenvalue weighted by atomic mass is 10.2. The molecule has 1 aliphatic heterocycles. The standard InChI is InChI=1S/C11H20N2O6/c1-12(4-8(15)6-19-2)11(18)13-5-7(14)3-9(13)10(16)17/h7-9,14-15H,3-6H2,1-2H3,(H,16,17)/t7?,8?,9-/m0/s1. The molecule has 3 N–H and O–H groups in total. The molecule has 0 aromatic heterocycles. The summed E-state index contributed by atoms with van der Waals surface area (Å²) in [5, 5.41) is 28.0. The van der Waals surface area contributed by atoms with Gasteiger partial charge in [0.15, 0.2) is 0 Å². The summed E-state index contributed by atoms with van der Waals surface area (Å²) in [6.45, 7) is 0.106. The number of carbonyl (C=O) groups is 2. The Labute approximate surface area is 111 Å². The fraction of sp³-hybridized carbons (Fsp3) is 0.818. The lowest BCUT2D eigenvalue weighted by Crippen LogP contribution is -2.49. The van der Waals surface area contributed by atoms with Gasteiger partial charge in [0.05, 0.1) is 25.4 Å². The first-order valence-electron chi connectivity index (χ1n) is 5.96. The lowest BCUT2D eigenvalue weighted by Gasteiger charge is -2.28. The van der Waals surface area contributed by atoms with Crippen LogP contribution in [0.25, 0.3) is 0 Å². The summed E-state index contributed by atoms with van der Waals surface area (Å²) in [4.78, 5) is 25.4. The van der Waals surface area contributed by atoms with Crippen LogP contribution in [0.1, 0.15) is 6.42 Å². The highest BCUT2D eigenvalue weighted by Gasteiger charge is 2.40. The zero-order valence-electron chi connectivity index (χ0n) is 11.0. The normalized spacial score (nSPS) is 24.3. The number of hydrogen-bond acceptors (Lipinski definition) is 5. The highest BCUT2D eigenvalue weighted by atomic mass is 16.5. The Balaban J connectivity index is 2.62. The lowest BCUT2D eigenvalue weighted by molar-refractivity contribution is -0.141. The van der Waals surface area contributed by atoms with Crippen LogP contribution in [0.3, 0.4) is 0 Å². The summed E-state index contributed by atoms with van der Waals surface area (Å²) in [7, 11) is 2.90. The van der Waals surface area contributed by atoms with Crippen molar-refractivity contribution < 1.29 is 29.6 Å². The molecular weight excluding hydrogens is 256 g/mol. The molecule has 0 aromatic carbocycles. The monoisotopic (exact) mass is 276 g/mol. The summed E-state index contributed by atoms with van der Waals surface area (Å²) in [6.07, 6.45) is -1.65. The molecule has 1 saturated heterocycles. The van der Waals surface area contributed by atoms with Gasteiger partial charge in [0.1, 0.15) is 6.04 Å². The van der Waals surface area contributed by atoms with E-state index in [9.17, 15) is 19.8 Å². The predicted molar refractivity (Wildman–Crippen MR) is 64.7 cm³/mol. The third kappa shape index (κ3) is 4.05. The molecule has 0 saturated carbocycles. The number of ether oxygens (including phenoxy) is 1. The molecule has 19 heavy (non-hydrogen) atoms. The molecule has 0 spiro atoms. The van der Waals surface area contributed by atoms with Gasteiger partial charge in [-0.25, -0.2) is 9.59 Å². The summed E-state index contributed by atoms with van der Waals surface area (Å²) in [6, 6.07) is -1.55. The molecule has 1 rings (SSSR count). The Morgan fingerprint density at radius 1 is 1.53 bits per heavy atom. The smallest absolute Gasteiger partial charge is 0.326 e. The minimum absolute atomic E-state index is 0.0134. The Bertz CT molecular complexity index is 337. The second-order valence-corrected chi connectivity index (χ2v) is 4.67. The molecule has 0 radical (unpaired) electrons. The SMILES string of the molecule is COCC(O)CN(C)C(=O)N1CC(O)C[C@H]1C(=O)O. The van der Waals surface area contributed by atoms with E-state index in [1.807, 2.05) is 0 Å². The van der Waals surface area contributed by atoms with Crippen molar-refractivity contribution in [2.45, 2.75) is 24.7 Å². The van der Waals surface area contributed by atoms with Crippen LogP contribution in [0, 0.1) is 0 Å². The van der Waals surface area contributed by atoms with Crippen molar-refractivity contribution in [1.29, 1.82) is 0 Å². The number of likely N-dealkylation sites (tertiary alicyclic amines) is 1. The van der Waals surface area contributed by atoms with E-state index in [0.29, 0.717) is 0 Å². The molecule has 1 heterocycles. The van der Waals surface area contributed by atoms with Crippen molar-refractivity contribution in [3.05, 3.63) is 0 Å². The molecule has 2 unspecified atom stereocenters. The van der Waals surface area contributed by atoms with Crippen molar-refractivity contribution in [2.75, 3.05) is 33.9 Å². The van der Waals surface area contributed by atoms with Gasteiger partial charge in [-0.2, -0.15) is 0 Å². The molecule has 1 aliphatic rings. The second kappa shape index (κ2) is 6.69. The van der Waals surface area contributed by atoms with Crippen molar-refractivity contribution in [2.24, 2.45) is 0 Å². The Kier molecular flexibility index (Phi) is 5.52. The number of methoxy groups -OCH3 is 1. The number of aliphatic hydroxyl groups is 2. The van der Waals surface area contributed by atoms with E-state index in [1.165, 1.54) is 19.1 Å². The first-order valence-corrected chi connectivity index (χ1v) is 5.96. The Hall–Kier alpha value is -1.38. The maximum atomic E-state index is 12.1. The average Bonchev–Trinajstić information content (AvgIpc) is 2.70. The van der Waals surface area contributed by atoms with Gasteiger partial charge < -0.3 is 29.9 Å². The topological polar surface area (TPSA) is 111 Å². The first kappa shape index (κ1) is 15.7. The van der Waals surface area contributed by atoms with Crippen LogP contribution < -0.4 is 0 Å². The maximum absolute atomic E-state index is 12.1. The number of β-amino-alcohol motifs (C(OH)–C–C–N with tert-alkyl or cyclic N) is 1. The van der Waals surface area contributed by atoms with Crippen molar-refractivity contribution in [3.8, 4) is 0 Å². The molecule has 0 aliphatic carbocycles. The molecule has 0 bridgehead atoms. The van der Waals surface area contributed by atoms with Crippen LogP contribution >= 0.6 is 0 Å². The van der Waals surface area contributed by atoms with E-state index >= 15 is 0 Å². The van der Waals surface area contributed by atoms with Crippen LogP contribution in [0.4, 0.5) is 4.79 Å². The molecular formula is C11H20N2O6. The van der Waals surface area contributed by atoms with E-state index in [4.69, 9.17) is 9.84 Å². The predicted octanol–water partition coefficient (Wildman–Crippen LogP) is -1.43. The first-order chi connectivity index (χ1) is 8.86. The average molecular weight is 276 g/mol. The Morgan fingerprint density at radius 2 is 2.16 bits per heavy atom. The largest absolute Gasteiger partial charge is 0.480 e. The van der Waals surface area contributed by atoms with Crippen molar-refractivity contribution in [3.63, 3.8) is 0 Å². The van der Waals surface area contributed by atoms with Crippen LogP contribution in [0.2, 0.25) is 0 Å². The number of aliphatic carboxylic acids is 1. The van der Waals surface area contributed by atoms with Crippen molar-refractivity contribution in [1.82, 2.24) is 9.80 Å². The van der Waals surface area contributed by atoms with Gasteiger partial charge in [-0.3, -0.25) is 0 Å². The van der Waals surface area contributed by atoms with E-state index in [1.54, 1.807) is 0 Å². The summed E-state index contributed by atoms with van der Waals surface area (Å²) in [5.74, 6) is -1.14. The molecule has 0 aromatic rings. The third-order valence-electron chi connectivity index (χ3n) is 2.98. The fourth-order valence-corrected chi connectivity index (χ4v) is 2.12. The van der Waals surface area contributed by atoms with Gasteiger partial charge in [-0.05, 0) is 0 Å². The van der Waals surface area contributed by atoms with E-state index in [2.05, 4.69) is 0 Å². The third-order valence-corrected chi connectivity index (χ3v) is 2.98. The molecule has 2 amide bonds. The fourth-order valence-electron chi connectivity index (χ4n) is 2.12. The van der Waals surface area contributed by atoms with Crippen LogP contribution in [-0.2, 0) is 9.53 Å². The van der Waals surface area contributed by atoms with Gasteiger partial charge in [0, 0.05) is 27.1 Å². The number of aliphatic hydroxyl groups excluding tert-OH is 2. The quantitative estimate of drug-likeness (QED) is 0.567. The number of carboxylic acids is 1. The molecule has 110 valence electrons. The van der Waals surface area contributed by atoms with Crippen LogP contribution in [-0.4, -0.2) is 89.2 Å². The number of nitrogens with zero attached hydrogens (tertiary/aromatic N) is 2. The summed E-state index contributed by atoms with van der Waals surface area (Å²) in [5.41, 5.74) is 0. The van der Waals surface area contributed by atoms with Crippen molar-refractivity contribution >= 4 is 12.0 Å². The minimum atomic E-state index is -1.14. The molecule has 3 atom stereocenters. The number of amides is 2. The second-order valence-electron chi connectivity index (χ2n) is 4.67. The van der Waals surface area contributed by atoms with E-state index in [0.717, 1.165) is 4.90 Å². The summed E-state index contributed by atoms with van der Waals surface area (Å²) >= 11 is 0. The Morgan fingerprint density at radius 3 is 2.68 bits per heavy atom. The number of carbonyl (C=O) groups excluding carboxylic acids is 1.